The molecule has 0 bridgehead atoms. The van der Waals surface area contributed by atoms with Crippen LogP contribution in [0.2, 0.25) is 0 Å². The lowest BCUT2D eigenvalue weighted by Crippen LogP contribution is -2.55. The Morgan fingerprint density at radius 3 is 3.00 bits per heavy atom. The molecule has 3 rings (SSSR count). The molecule has 2 heterocycles. The Balaban J connectivity index is 1.53. The predicted molar refractivity (Wildman–Crippen MR) is 64.5 cm³/mol. The maximum Gasteiger partial charge on any atom is 0.0781 e. The van der Waals surface area contributed by atoms with Gasteiger partial charge in [0, 0.05) is 38.8 Å². The lowest BCUT2D eigenvalue weighted by Gasteiger charge is -2.38. The van der Waals surface area contributed by atoms with Crippen LogP contribution in [0.5, 0.6) is 0 Å². The third-order valence-electron chi connectivity index (χ3n) is 4.34. The molecule has 1 aliphatic carbocycles. The maximum atomic E-state index is 5.89. The molecule has 3 nitrogen and oxygen atoms in total. The highest BCUT2D eigenvalue weighted by Gasteiger charge is 2.37. The number of nitrogens with zero attached hydrogens (tertiary/aromatic N) is 1. The lowest BCUT2D eigenvalue weighted by molar-refractivity contribution is -0.0152. The first-order valence-electron chi connectivity index (χ1n) is 6.85. The minimum Gasteiger partial charge on any atom is -0.374 e. The van der Waals surface area contributed by atoms with E-state index in [1.165, 1.54) is 38.8 Å². The van der Waals surface area contributed by atoms with Gasteiger partial charge in [-0.2, -0.15) is 0 Å². The van der Waals surface area contributed by atoms with Crippen molar-refractivity contribution in [2.24, 2.45) is 5.92 Å². The molecule has 0 amide bonds. The third-order valence-corrected chi connectivity index (χ3v) is 4.34. The van der Waals surface area contributed by atoms with E-state index in [-0.39, 0.29) is 5.60 Å². The van der Waals surface area contributed by atoms with E-state index in [1.807, 2.05) is 0 Å². The Morgan fingerprint density at radius 1 is 1.44 bits per heavy atom. The van der Waals surface area contributed by atoms with E-state index in [9.17, 15) is 0 Å². The van der Waals surface area contributed by atoms with Crippen molar-refractivity contribution in [3.05, 3.63) is 0 Å². The molecule has 16 heavy (non-hydrogen) atoms. The standard InChI is InChI=1S/C13H24N2O/c1-13(5-2-8-16-13)10-15-7-6-14-12(9-15)11-3-4-11/h11-12,14H,2-10H2,1H3. The first-order valence-corrected chi connectivity index (χ1v) is 6.85. The van der Waals surface area contributed by atoms with Crippen molar-refractivity contribution in [2.45, 2.75) is 44.2 Å². The summed E-state index contributed by atoms with van der Waals surface area (Å²) in [5.74, 6) is 0.972. The molecule has 92 valence electrons. The van der Waals surface area contributed by atoms with Crippen LogP contribution in [0.3, 0.4) is 0 Å². The summed E-state index contributed by atoms with van der Waals surface area (Å²) in [4.78, 5) is 2.62. The van der Waals surface area contributed by atoms with Crippen molar-refractivity contribution in [1.29, 1.82) is 0 Å². The summed E-state index contributed by atoms with van der Waals surface area (Å²) in [6.45, 7) is 7.99. The highest BCUT2D eigenvalue weighted by molar-refractivity contribution is 4.93. The monoisotopic (exact) mass is 224 g/mol. The zero-order chi connectivity index (χ0) is 11.0. The van der Waals surface area contributed by atoms with Gasteiger partial charge < -0.3 is 10.1 Å². The first kappa shape index (κ1) is 11.0. The van der Waals surface area contributed by atoms with Crippen LogP contribution in [0.1, 0.15) is 32.6 Å². The fourth-order valence-electron chi connectivity index (χ4n) is 3.23. The van der Waals surface area contributed by atoms with Gasteiger partial charge in [-0.3, -0.25) is 4.90 Å². The Kier molecular flexibility index (Phi) is 2.94. The van der Waals surface area contributed by atoms with Gasteiger partial charge in [-0.15, -0.1) is 0 Å². The maximum absolute atomic E-state index is 5.89. The van der Waals surface area contributed by atoms with Crippen molar-refractivity contribution >= 4 is 0 Å². The number of hydrogen-bond acceptors (Lipinski definition) is 3. The Labute approximate surface area is 98.5 Å². The number of ether oxygens (including phenoxy) is 1. The molecule has 2 atom stereocenters. The van der Waals surface area contributed by atoms with Gasteiger partial charge in [0.1, 0.15) is 0 Å². The van der Waals surface area contributed by atoms with E-state index >= 15 is 0 Å². The molecule has 2 saturated heterocycles. The van der Waals surface area contributed by atoms with Crippen LogP contribution in [0, 0.1) is 5.92 Å². The van der Waals surface area contributed by atoms with Crippen LogP contribution in [-0.4, -0.2) is 49.3 Å². The summed E-state index contributed by atoms with van der Waals surface area (Å²) in [5.41, 5.74) is 0.144. The average Bonchev–Trinajstić information content (AvgIpc) is 3.03. The third kappa shape index (κ3) is 2.41. The molecular weight excluding hydrogens is 200 g/mol. The Bertz CT molecular complexity index is 246. The summed E-state index contributed by atoms with van der Waals surface area (Å²) >= 11 is 0. The van der Waals surface area contributed by atoms with Crippen molar-refractivity contribution in [1.82, 2.24) is 10.2 Å². The van der Waals surface area contributed by atoms with Gasteiger partial charge >= 0.3 is 0 Å². The summed E-state index contributed by atoms with van der Waals surface area (Å²) in [6.07, 6.45) is 5.37. The fourth-order valence-corrected chi connectivity index (χ4v) is 3.23. The highest BCUT2D eigenvalue weighted by atomic mass is 16.5. The Morgan fingerprint density at radius 2 is 2.31 bits per heavy atom. The first-order chi connectivity index (χ1) is 7.75. The second-order valence-electron chi connectivity index (χ2n) is 6.04. The molecular formula is C13H24N2O. The number of rotatable bonds is 3. The molecule has 0 spiro atoms. The molecule has 3 fully saturated rings. The molecule has 0 radical (unpaired) electrons. The summed E-state index contributed by atoms with van der Waals surface area (Å²) in [6, 6.07) is 0.763. The molecule has 0 aromatic heterocycles. The average molecular weight is 224 g/mol. The zero-order valence-electron chi connectivity index (χ0n) is 10.4. The molecule has 2 aliphatic heterocycles. The van der Waals surface area contributed by atoms with Crippen molar-refractivity contribution in [3.63, 3.8) is 0 Å². The number of nitrogens with one attached hydrogen (secondary N) is 1. The summed E-state index contributed by atoms with van der Waals surface area (Å²) in [7, 11) is 0. The second kappa shape index (κ2) is 4.28. The molecule has 1 N–H and O–H groups in total. The quantitative estimate of drug-likeness (QED) is 0.780. The van der Waals surface area contributed by atoms with Crippen LogP contribution in [-0.2, 0) is 4.74 Å². The molecule has 1 saturated carbocycles. The zero-order valence-corrected chi connectivity index (χ0v) is 10.4. The molecule has 0 aromatic rings. The predicted octanol–water partition coefficient (Wildman–Crippen LogP) is 1.24. The van der Waals surface area contributed by atoms with E-state index in [0.717, 1.165) is 31.7 Å². The summed E-state index contributed by atoms with van der Waals surface area (Å²) in [5, 5.41) is 3.67. The Hall–Kier alpha value is -0.120. The van der Waals surface area contributed by atoms with Crippen LogP contribution in [0.25, 0.3) is 0 Å². The van der Waals surface area contributed by atoms with Crippen LogP contribution in [0.4, 0.5) is 0 Å². The van der Waals surface area contributed by atoms with Crippen LogP contribution in [0.15, 0.2) is 0 Å². The normalized spacial score (nSPS) is 41.4. The fraction of sp³-hybridized carbons (Fsp3) is 1.00. The highest BCUT2D eigenvalue weighted by Crippen LogP contribution is 2.34. The van der Waals surface area contributed by atoms with Gasteiger partial charge in [0.05, 0.1) is 5.60 Å². The van der Waals surface area contributed by atoms with Crippen LogP contribution >= 0.6 is 0 Å². The van der Waals surface area contributed by atoms with Crippen molar-refractivity contribution in [3.8, 4) is 0 Å². The van der Waals surface area contributed by atoms with Gasteiger partial charge in [0.15, 0.2) is 0 Å². The van der Waals surface area contributed by atoms with E-state index in [0.29, 0.717) is 0 Å². The van der Waals surface area contributed by atoms with E-state index in [2.05, 4.69) is 17.1 Å². The van der Waals surface area contributed by atoms with Crippen molar-refractivity contribution < 1.29 is 4.74 Å². The minimum atomic E-state index is 0.144. The molecule has 3 aliphatic rings. The molecule has 3 heteroatoms. The van der Waals surface area contributed by atoms with E-state index in [4.69, 9.17) is 4.74 Å². The topological polar surface area (TPSA) is 24.5 Å². The van der Waals surface area contributed by atoms with E-state index in [1.54, 1.807) is 0 Å². The van der Waals surface area contributed by atoms with Crippen LogP contribution < -0.4 is 5.32 Å². The largest absolute Gasteiger partial charge is 0.374 e. The lowest BCUT2D eigenvalue weighted by atomic mass is 10.0. The second-order valence-corrected chi connectivity index (χ2v) is 6.04. The minimum absolute atomic E-state index is 0.144. The van der Waals surface area contributed by atoms with E-state index < -0.39 is 0 Å². The molecule has 2 unspecified atom stereocenters. The van der Waals surface area contributed by atoms with Gasteiger partial charge in [-0.25, -0.2) is 0 Å². The van der Waals surface area contributed by atoms with Gasteiger partial charge in [-0.1, -0.05) is 0 Å². The smallest absolute Gasteiger partial charge is 0.0781 e. The number of piperazine rings is 1. The SMILES string of the molecule is CC1(CN2CCNC(C3CC3)C2)CCCO1. The van der Waals surface area contributed by atoms with Gasteiger partial charge in [-0.05, 0) is 38.5 Å². The van der Waals surface area contributed by atoms with Gasteiger partial charge in [0.2, 0.25) is 0 Å². The van der Waals surface area contributed by atoms with Crippen molar-refractivity contribution in [2.75, 3.05) is 32.8 Å². The van der Waals surface area contributed by atoms with Gasteiger partial charge in [0.25, 0.3) is 0 Å². The molecule has 0 aromatic carbocycles. The number of hydrogen-bond donors (Lipinski definition) is 1. The summed E-state index contributed by atoms with van der Waals surface area (Å²) < 4.78 is 5.89.